The lowest BCUT2D eigenvalue weighted by molar-refractivity contribution is 0.0746. The number of rotatable bonds is 5. The van der Waals surface area contributed by atoms with Crippen LogP contribution in [0.25, 0.3) is 0 Å². The molecule has 1 aromatic heterocycles. The lowest BCUT2D eigenvalue weighted by Gasteiger charge is -2.35. The highest BCUT2D eigenvalue weighted by atomic mass is 16.2. The van der Waals surface area contributed by atoms with Gasteiger partial charge in [-0.15, -0.1) is 10.2 Å². The highest BCUT2D eigenvalue weighted by Crippen LogP contribution is 2.17. The zero-order valence-corrected chi connectivity index (χ0v) is 14.9. The number of hydrogen-bond donors (Lipinski definition) is 0. The first-order valence-electron chi connectivity index (χ1n) is 8.91. The van der Waals surface area contributed by atoms with E-state index in [0.717, 1.165) is 43.4 Å². The summed E-state index contributed by atoms with van der Waals surface area (Å²) >= 11 is 0. The van der Waals surface area contributed by atoms with Crippen LogP contribution in [0.4, 0.5) is 11.6 Å². The minimum Gasteiger partial charge on any atom is -0.356 e. The van der Waals surface area contributed by atoms with Crippen LogP contribution in [0.1, 0.15) is 24.2 Å². The molecule has 0 radical (unpaired) electrons. The fourth-order valence-electron chi connectivity index (χ4n) is 3.11. The molecule has 0 saturated carbocycles. The summed E-state index contributed by atoms with van der Waals surface area (Å²) in [7, 11) is 0. The SMILES string of the molecule is CCN(CC)c1ccc(N2CCN(C(=O)c3ccccc3)CC2)nn1. The van der Waals surface area contributed by atoms with E-state index in [-0.39, 0.29) is 5.91 Å². The number of carbonyl (C=O) groups excluding carboxylic acids is 1. The molecule has 1 fully saturated rings. The Bertz CT molecular complexity index is 677. The van der Waals surface area contributed by atoms with Crippen molar-refractivity contribution in [2.75, 3.05) is 49.1 Å². The molecule has 1 saturated heterocycles. The van der Waals surface area contributed by atoms with Crippen molar-refractivity contribution in [2.24, 2.45) is 0 Å². The molecule has 1 aromatic carbocycles. The zero-order chi connectivity index (χ0) is 17.6. The highest BCUT2D eigenvalue weighted by molar-refractivity contribution is 5.94. The second-order valence-electron chi connectivity index (χ2n) is 6.07. The predicted octanol–water partition coefficient (Wildman–Crippen LogP) is 2.29. The van der Waals surface area contributed by atoms with Crippen LogP contribution in [-0.4, -0.2) is 60.3 Å². The number of aromatic nitrogens is 2. The molecule has 0 atom stereocenters. The van der Waals surface area contributed by atoms with Crippen LogP contribution in [0.15, 0.2) is 42.5 Å². The maximum atomic E-state index is 12.5. The number of carbonyl (C=O) groups is 1. The summed E-state index contributed by atoms with van der Waals surface area (Å²) in [4.78, 5) is 18.8. The fraction of sp³-hybridized carbons (Fsp3) is 0.421. The van der Waals surface area contributed by atoms with E-state index >= 15 is 0 Å². The Hall–Kier alpha value is -2.63. The van der Waals surface area contributed by atoms with Crippen molar-refractivity contribution in [3.63, 3.8) is 0 Å². The normalized spacial score (nSPS) is 14.5. The Labute approximate surface area is 149 Å². The molecule has 1 aliphatic rings. The molecule has 0 unspecified atom stereocenters. The summed E-state index contributed by atoms with van der Waals surface area (Å²) in [6, 6.07) is 13.5. The average Bonchev–Trinajstić information content (AvgIpc) is 2.70. The van der Waals surface area contributed by atoms with Crippen LogP contribution in [-0.2, 0) is 0 Å². The molecule has 132 valence electrons. The van der Waals surface area contributed by atoms with E-state index in [0.29, 0.717) is 13.1 Å². The third kappa shape index (κ3) is 3.90. The molecular weight excluding hydrogens is 314 g/mol. The topological polar surface area (TPSA) is 52.6 Å². The Balaban J connectivity index is 1.60. The van der Waals surface area contributed by atoms with Crippen LogP contribution in [0.5, 0.6) is 0 Å². The standard InChI is InChI=1S/C19H25N5O/c1-3-22(4-2)17-10-11-18(21-20-17)23-12-14-24(15-13-23)19(25)16-8-6-5-7-9-16/h5-11H,3-4,12-15H2,1-2H3. The maximum absolute atomic E-state index is 12.5. The molecule has 0 spiro atoms. The number of nitrogens with zero attached hydrogens (tertiary/aromatic N) is 5. The molecule has 25 heavy (non-hydrogen) atoms. The van der Waals surface area contributed by atoms with E-state index in [2.05, 4.69) is 33.8 Å². The van der Waals surface area contributed by atoms with Crippen LogP contribution in [0.3, 0.4) is 0 Å². The molecule has 1 amide bonds. The summed E-state index contributed by atoms with van der Waals surface area (Å²) in [6.45, 7) is 9.02. The largest absolute Gasteiger partial charge is 0.356 e. The molecule has 2 heterocycles. The number of amides is 1. The molecule has 1 aliphatic heterocycles. The predicted molar refractivity (Wildman–Crippen MR) is 100 cm³/mol. The van der Waals surface area contributed by atoms with Gasteiger partial charge >= 0.3 is 0 Å². The fourth-order valence-corrected chi connectivity index (χ4v) is 3.11. The van der Waals surface area contributed by atoms with Crippen LogP contribution < -0.4 is 9.80 Å². The summed E-state index contributed by atoms with van der Waals surface area (Å²) in [6.07, 6.45) is 0. The minimum atomic E-state index is 0.100. The first-order chi connectivity index (χ1) is 12.2. The van der Waals surface area contributed by atoms with Gasteiger partial charge in [-0.1, -0.05) is 18.2 Å². The summed E-state index contributed by atoms with van der Waals surface area (Å²) < 4.78 is 0. The van der Waals surface area contributed by atoms with Crippen LogP contribution >= 0.6 is 0 Å². The maximum Gasteiger partial charge on any atom is 0.253 e. The van der Waals surface area contributed by atoms with Gasteiger partial charge in [-0.05, 0) is 38.1 Å². The molecule has 2 aromatic rings. The third-order valence-electron chi connectivity index (χ3n) is 4.64. The van der Waals surface area contributed by atoms with Crippen molar-refractivity contribution < 1.29 is 4.79 Å². The van der Waals surface area contributed by atoms with Gasteiger partial charge in [0.15, 0.2) is 11.6 Å². The first-order valence-corrected chi connectivity index (χ1v) is 8.91. The molecule has 6 nitrogen and oxygen atoms in total. The van der Waals surface area contributed by atoms with Crippen LogP contribution in [0, 0.1) is 0 Å². The van der Waals surface area contributed by atoms with E-state index in [1.807, 2.05) is 47.4 Å². The molecule has 0 bridgehead atoms. The highest BCUT2D eigenvalue weighted by Gasteiger charge is 2.23. The van der Waals surface area contributed by atoms with Gasteiger partial charge in [0.05, 0.1) is 0 Å². The van der Waals surface area contributed by atoms with Crippen molar-refractivity contribution >= 4 is 17.5 Å². The Morgan fingerprint density at radius 1 is 0.960 bits per heavy atom. The third-order valence-corrected chi connectivity index (χ3v) is 4.64. The van der Waals surface area contributed by atoms with Crippen molar-refractivity contribution in [3.05, 3.63) is 48.0 Å². The minimum absolute atomic E-state index is 0.100. The number of anilines is 2. The lowest BCUT2D eigenvalue weighted by Crippen LogP contribution is -2.49. The molecule has 0 N–H and O–H groups in total. The van der Waals surface area contributed by atoms with E-state index in [1.54, 1.807) is 0 Å². The van der Waals surface area contributed by atoms with Crippen molar-refractivity contribution in [1.29, 1.82) is 0 Å². The molecule has 6 heteroatoms. The van der Waals surface area contributed by atoms with Gasteiger partial charge in [0.2, 0.25) is 0 Å². The summed E-state index contributed by atoms with van der Waals surface area (Å²) in [5.74, 6) is 1.89. The molecular formula is C19H25N5O. The second kappa shape index (κ2) is 7.96. The quantitative estimate of drug-likeness (QED) is 0.836. The molecule has 3 rings (SSSR count). The van der Waals surface area contributed by atoms with E-state index in [1.165, 1.54) is 0 Å². The van der Waals surface area contributed by atoms with E-state index in [4.69, 9.17) is 0 Å². The van der Waals surface area contributed by atoms with Gasteiger partial charge in [0.25, 0.3) is 5.91 Å². The van der Waals surface area contributed by atoms with Gasteiger partial charge in [0.1, 0.15) is 0 Å². The van der Waals surface area contributed by atoms with Gasteiger partial charge < -0.3 is 14.7 Å². The van der Waals surface area contributed by atoms with Crippen molar-refractivity contribution in [3.8, 4) is 0 Å². The van der Waals surface area contributed by atoms with Crippen LogP contribution in [0.2, 0.25) is 0 Å². The van der Waals surface area contributed by atoms with E-state index in [9.17, 15) is 4.79 Å². The number of piperazine rings is 1. The number of benzene rings is 1. The first kappa shape index (κ1) is 17.2. The Morgan fingerprint density at radius 3 is 2.20 bits per heavy atom. The lowest BCUT2D eigenvalue weighted by atomic mass is 10.2. The van der Waals surface area contributed by atoms with E-state index < -0.39 is 0 Å². The average molecular weight is 339 g/mol. The summed E-state index contributed by atoms with van der Waals surface area (Å²) in [5, 5.41) is 8.73. The van der Waals surface area contributed by atoms with Gasteiger partial charge in [0, 0.05) is 44.8 Å². The Kier molecular flexibility index (Phi) is 5.48. The van der Waals surface area contributed by atoms with Gasteiger partial charge in [-0.25, -0.2) is 0 Å². The summed E-state index contributed by atoms with van der Waals surface area (Å²) in [5.41, 5.74) is 0.749. The van der Waals surface area contributed by atoms with Gasteiger partial charge in [-0.3, -0.25) is 4.79 Å². The zero-order valence-electron chi connectivity index (χ0n) is 14.9. The monoisotopic (exact) mass is 339 g/mol. The second-order valence-corrected chi connectivity index (χ2v) is 6.07. The smallest absolute Gasteiger partial charge is 0.253 e. The van der Waals surface area contributed by atoms with Crippen molar-refractivity contribution in [2.45, 2.75) is 13.8 Å². The number of hydrogen-bond acceptors (Lipinski definition) is 5. The molecule has 0 aliphatic carbocycles. The Morgan fingerprint density at radius 2 is 1.64 bits per heavy atom. The van der Waals surface area contributed by atoms with Crippen molar-refractivity contribution in [1.82, 2.24) is 15.1 Å². The van der Waals surface area contributed by atoms with Gasteiger partial charge in [-0.2, -0.15) is 0 Å².